The quantitative estimate of drug-likeness (QED) is 0.809. The predicted octanol–water partition coefficient (Wildman–Crippen LogP) is 2.45. The summed E-state index contributed by atoms with van der Waals surface area (Å²) < 4.78 is 2.25. The van der Waals surface area contributed by atoms with Gasteiger partial charge in [0.15, 0.2) is 0 Å². The summed E-state index contributed by atoms with van der Waals surface area (Å²) in [6.07, 6.45) is 5.45. The van der Waals surface area contributed by atoms with Crippen LogP contribution in [0.15, 0.2) is 48.8 Å². The summed E-state index contributed by atoms with van der Waals surface area (Å²) in [5, 5.41) is 3.16. The second-order valence-electron chi connectivity index (χ2n) is 4.02. The SMILES string of the molecule is CNCc1ccn(CCc2ccccc2)c1. The monoisotopic (exact) mass is 214 g/mol. The van der Waals surface area contributed by atoms with E-state index < -0.39 is 0 Å². The van der Waals surface area contributed by atoms with Gasteiger partial charge in [0.2, 0.25) is 0 Å². The van der Waals surface area contributed by atoms with Gasteiger partial charge in [-0.15, -0.1) is 0 Å². The first-order valence-electron chi connectivity index (χ1n) is 5.71. The van der Waals surface area contributed by atoms with E-state index in [9.17, 15) is 0 Å². The van der Waals surface area contributed by atoms with E-state index in [1.54, 1.807) is 0 Å². The van der Waals surface area contributed by atoms with Crippen molar-refractivity contribution in [3.8, 4) is 0 Å². The van der Waals surface area contributed by atoms with Crippen molar-refractivity contribution in [2.75, 3.05) is 7.05 Å². The first kappa shape index (κ1) is 11.0. The lowest BCUT2D eigenvalue weighted by Crippen LogP contribution is -2.04. The molecular formula is C14H18N2. The molecule has 2 heteroatoms. The predicted molar refractivity (Wildman–Crippen MR) is 67.3 cm³/mol. The van der Waals surface area contributed by atoms with Crippen molar-refractivity contribution in [3.63, 3.8) is 0 Å². The van der Waals surface area contributed by atoms with E-state index in [1.165, 1.54) is 11.1 Å². The Kier molecular flexibility index (Phi) is 3.78. The van der Waals surface area contributed by atoms with Crippen molar-refractivity contribution in [3.05, 3.63) is 59.9 Å². The van der Waals surface area contributed by atoms with Crippen molar-refractivity contribution in [1.29, 1.82) is 0 Å². The Morgan fingerprint density at radius 2 is 1.88 bits per heavy atom. The Labute approximate surface area is 96.9 Å². The van der Waals surface area contributed by atoms with Crippen LogP contribution in [-0.4, -0.2) is 11.6 Å². The maximum atomic E-state index is 3.16. The molecule has 0 aliphatic rings. The van der Waals surface area contributed by atoms with Crippen molar-refractivity contribution < 1.29 is 0 Å². The van der Waals surface area contributed by atoms with Crippen LogP contribution < -0.4 is 5.32 Å². The minimum atomic E-state index is 0.943. The molecular weight excluding hydrogens is 196 g/mol. The zero-order chi connectivity index (χ0) is 11.2. The van der Waals surface area contributed by atoms with Gasteiger partial charge in [0, 0.05) is 25.5 Å². The van der Waals surface area contributed by atoms with Crippen molar-refractivity contribution in [2.45, 2.75) is 19.5 Å². The lowest BCUT2D eigenvalue weighted by molar-refractivity contribution is 0.696. The highest BCUT2D eigenvalue weighted by Crippen LogP contribution is 2.05. The molecule has 1 aromatic heterocycles. The van der Waals surface area contributed by atoms with Crippen LogP contribution in [0.2, 0.25) is 0 Å². The van der Waals surface area contributed by atoms with Crippen LogP contribution in [0, 0.1) is 0 Å². The molecule has 0 radical (unpaired) electrons. The van der Waals surface area contributed by atoms with Gasteiger partial charge >= 0.3 is 0 Å². The van der Waals surface area contributed by atoms with Crippen LogP contribution in [0.4, 0.5) is 0 Å². The molecule has 0 bridgehead atoms. The average molecular weight is 214 g/mol. The van der Waals surface area contributed by atoms with E-state index in [4.69, 9.17) is 0 Å². The van der Waals surface area contributed by atoms with Crippen molar-refractivity contribution in [1.82, 2.24) is 9.88 Å². The van der Waals surface area contributed by atoms with Gasteiger partial charge in [0.25, 0.3) is 0 Å². The highest BCUT2D eigenvalue weighted by atomic mass is 14.9. The van der Waals surface area contributed by atoms with Crippen LogP contribution in [0.25, 0.3) is 0 Å². The van der Waals surface area contributed by atoms with Crippen molar-refractivity contribution >= 4 is 0 Å². The topological polar surface area (TPSA) is 17.0 Å². The van der Waals surface area contributed by atoms with Crippen LogP contribution in [0.1, 0.15) is 11.1 Å². The summed E-state index contributed by atoms with van der Waals surface area (Å²) in [6, 6.07) is 12.8. The minimum Gasteiger partial charge on any atom is -0.354 e. The zero-order valence-corrected chi connectivity index (χ0v) is 9.69. The molecule has 1 N–H and O–H groups in total. The lowest BCUT2D eigenvalue weighted by Gasteiger charge is -2.03. The van der Waals surface area contributed by atoms with Gasteiger partial charge in [-0.2, -0.15) is 0 Å². The molecule has 0 unspecified atom stereocenters. The molecule has 0 aliphatic carbocycles. The van der Waals surface area contributed by atoms with Gasteiger partial charge in [-0.25, -0.2) is 0 Å². The summed E-state index contributed by atoms with van der Waals surface area (Å²) in [6.45, 7) is 1.99. The molecule has 0 atom stereocenters. The fourth-order valence-corrected chi connectivity index (χ4v) is 1.84. The first-order chi connectivity index (χ1) is 7.88. The second kappa shape index (κ2) is 5.52. The Bertz CT molecular complexity index is 417. The minimum absolute atomic E-state index is 0.943. The average Bonchev–Trinajstić information content (AvgIpc) is 2.76. The molecule has 0 amide bonds. The van der Waals surface area contributed by atoms with Gasteiger partial charge in [0.05, 0.1) is 0 Å². The lowest BCUT2D eigenvalue weighted by atomic mass is 10.1. The van der Waals surface area contributed by atoms with E-state index in [0.29, 0.717) is 0 Å². The Morgan fingerprint density at radius 1 is 1.06 bits per heavy atom. The van der Waals surface area contributed by atoms with Crippen LogP contribution in [0.5, 0.6) is 0 Å². The van der Waals surface area contributed by atoms with Gasteiger partial charge in [0.1, 0.15) is 0 Å². The molecule has 1 heterocycles. The number of nitrogens with zero attached hydrogens (tertiary/aromatic N) is 1. The molecule has 2 nitrogen and oxygen atoms in total. The molecule has 0 aliphatic heterocycles. The number of nitrogens with one attached hydrogen (secondary N) is 1. The number of hydrogen-bond acceptors (Lipinski definition) is 1. The summed E-state index contributed by atoms with van der Waals surface area (Å²) in [5.74, 6) is 0. The third-order valence-electron chi connectivity index (χ3n) is 2.69. The standard InChI is InChI=1S/C14H18N2/c1-15-11-14-8-10-16(12-14)9-7-13-5-3-2-4-6-13/h2-6,8,10,12,15H,7,9,11H2,1H3. The molecule has 0 fully saturated rings. The van der Waals surface area contributed by atoms with Crippen LogP contribution >= 0.6 is 0 Å². The fourth-order valence-electron chi connectivity index (χ4n) is 1.84. The Morgan fingerprint density at radius 3 is 2.62 bits per heavy atom. The van der Waals surface area contributed by atoms with Crippen molar-refractivity contribution in [2.24, 2.45) is 0 Å². The molecule has 0 saturated carbocycles. The summed E-state index contributed by atoms with van der Waals surface area (Å²) in [5.41, 5.74) is 2.74. The largest absolute Gasteiger partial charge is 0.354 e. The number of aromatic nitrogens is 1. The van der Waals surface area contributed by atoms with E-state index in [1.807, 2.05) is 7.05 Å². The van der Waals surface area contributed by atoms with E-state index in [2.05, 4.69) is 58.7 Å². The van der Waals surface area contributed by atoms with Crippen LogP contribution in [0.3, 0.4) is 0 Å². The van der Waals surface area contributed by atoms with Gasteiger partial charge in [-0.05, 0) is 30.7 Å². The van der Waals surface area contributed by atoms with Gasteiger partial charge in [-0.3, -0.25) is 0 Å². The highest BCUT2D eigenvalue weighted by Gasteiger charge is 1.96. The molecule has 2 aromatic rings. The Balaban J connectivity index is 1.89. The number of benzene rings is 1. The number of aryl methyl sites for hydroxylation is 2. The summed E-state index contributed by atoms with van der Waals surface area (Å²) in [7, 11) is 1.97. The third kappa shape index (κ3) is 2.97. The number of hydrogen-bond donors (Lipinski definition) is 1. The van der Waals surface area contributed by atoms with E-state index in [0.717, 1.165) is 19.5 Å². The summed E-state index contributed by atoms with van der Waals surface area (Å²) >= 11 is 0. The van der Waals surface area contributed by atoms with Gasteiger partial charge < -0.3 is 9.88 Å². The Hall–Kier alpha value is -1.54. The number of rotatable bonds is 5. The van der Waals surface area contributed by atoms with Gasteiger partial charge in [-0.1, -0.05) is 30.3 Å². The molecule has 1 aromatic carbocycles. The van der Waals surface area contributed by atoms with Crippen LogP contribution in [-0.2, 0) is 19.5 Å². The third-order valence-corrected chi connectivity index (χ3v) is 2.69. The normalized spacial score (nSPS) is 10.6. The zero-order valence-electron chi connectivity index (χ0n) is 9.69. The van der Waals surface area contributed by atoms with E-state index in [-0.39, 0.29) is 0 Å². The second-order valence-corrected chi connectivity index (χ2v) is 4.02. The maximum Gasteiger partial charge on any atom is 0.0260 e. The molecule has 0 spiro atoms. The first-order valence-corrected chi connectivity index (χ1v) is 5.71. The molecule has 0 saturated heterocycles. The summed E-state index contributed by atoms with van der Waals surface area (Å²) in [4.78, 5) is 0. The molecule has 84 valence electrons. The molecule has 16 heavy (non-hydrogen) atoms. The highest BCUT2D eigenvalue weighted by molar-refractivity contribution is 5.15. The molecule has 2 rings (SSSR count). The smallest absolute Gasteiger partial charge is 0.0260 e. The fraction of sp³-hybridized carbons (Fsp3) is 0.286. The maximum absolute atomic E-state index is 3.16. The van der Waals surface area contributed by atoms with E-state index >= 15 is 0 Å².